The lowest BCUT2D eigenvalue weighted by atomic mass is 10.1. The fourth-order valence-electron chi connectivity index (χ4n) is 3.32. The normalized spacial score (nSPS) is 11.8. The molecule has 0 bridgehead atoms. The lowest BCUT2D eigenvalue weighted by Gasteiger charge is -2.21. The minimum atomic E-state index is -4.55. The Bertz CT molecular complexity index is 1200. The number of nitrogens with one attached hydrogen (secondary N) is 1. The summed E-state index contributed by atoms with van der Waals surface area (Å²) in [6.45, 7) is 2.81. The molecule has 4 rings (SSSR count). The largest absolute Gasteiger partial charge is 0.468 e. The van der Waals surface area contributed by atoms with Crippen molar-refractivity contribution in [2.24, 2.45) is 0 Å². The van der Waals surface area contributed by atoms with Crippen molar-refractivity contribution in [3.05, 3.63) is 82.5 Å². The van der Waals surface area contributed by atoms with E-state index < -0.39 is 17.6 Å². The summed E-state index contributed by atoms with van der Waals surface area (Å²) in [5.41, 5.74) is -0.603. The van der Waals surface area contributed by atoms with Gasteiger partial charge in [-0.25, -0.2) is 9.67 Å². The van der Waals surface area contributed by atoms with Gasteiger partial charge < -0.3 is 9.73 Å². The molecule has 0 unspecified atom stereocenters. The number of aryl methyl sites for hydroxylation is 1. The predicted molar refractivity (Wildman–Crippen MR) is 117 cm³/mol. The molecule has 0 spiro atoms. The molecule has 33 heavy (non-hydrogen) atoms. The molecule has 0 saturated heterocycles. The number of furan rings is 1. The summed E-state index contributed by atoms with van der Waals surface area (Å²) in [6.07, 6.45) is -0.392. The lowest BCUT2D eigenvalue weighted by Crippen LogP contribution is -2.32. The van der Waals surface area contributed by atoms with Crippen LogP contribution >= 0.6 is 11.3 Å². The van der Waals surface area contributed by atoms with Crippen LogP contribution in [0, 0.1) is 6.92 Å². The maximum Gasteiger partial charge on any atom is 0.416 e. The van der Waals surface area contributed by atoms with Gasteiger partial charge in [0.2, 0.25) is 5.91 Å². The van der Waals surface area contributed by atoms with Crippen molar-refractivity contribution in [3.8, 4) is 5.69 Å². The van der Waals surface area contributed by atoms with Crippen LogP contribution in [0.15, 0.2) is 65.8 Å². The molecule has 0 fully saturated rings. The molecule has 7 nitrogen and oxygen atoms in total. The van der Waals surface area contributed by atoms with E-state index in [4.69, 9.17) is 4.42 Å². The van der Waals surface area contributed by atoms with E-state index in [1.54, 1.807) is 29.7 Å². The molecule has 0 aliphatic rings. The average molecular weight is 475 g/mol. The Morgan fingerprint density at radius 3 is 2.70 bits per heavy atom. The van der Waals surface area contributed by atoms with E-state index in [1.807, 2.05) is 24.0 Å². The molecule has 1 aromatic carbocycles. The first kappa shape index (κ1) is 22.7. The van der Waals surface area contributed by atoms with Gasteiger partial charge in [-0.15, -0.1) is 11.3 Å². The van der Waals surface area contributed by atoms with Gasteiger partial charge in [-0.05, 0) is 49.4 Å². The van der Waals surface area contributed by atoms with Crippen molar-refractivity contribution < 1.29 is 22.4 Å². The summed E-state index contributed by atoms with van der Waals surface area (Å²) in [6, 6.07) is 10.6. The summed E-state index contributed by atoms with van der Waals surface area (Å²) in [5.74, 6) is 0.217. The molecular formula is C22H20F3N5O2S. The second kappa shape index (κ2) is 9.59. The summed E-state index contributed by atoms with van der Waals surface area (Å²) in [4.78, 5) is 20.8. The molecule has 11 heteroatoms. The van der Waals surface area contributed by atoms with Crippen LogP contribution in [-0.2, 0) is 24.1 Å². The molecule has 0 saturated carbocycles. The van der Waals surface area contributed by atoms with Gasteiger partial charge in [-0.3, -0.25) is 9.69 Å². The molecule has 4 aromatic rings. The number of benzene rings is 1. The average Bonchev–Trinajstić information content (AvgIpc) is 3.51. The van der Waals surface area contributed by atoms with Crippen molar-refractivity contribution >= 4 is 22.9 Å². The third-order valence-corrected chi connectivity index (χ3v) is 5.75. The van der Waals surface area contributed by atoms with Crippen molar-refractivity contribution in [1.82, 2.24) is 19.7 Å². The molecule has 3 heterocycles. The molecular weight excluding hydrogens is 455 g/mol. The molecule has 1 amide bonds. The second-order valence-corrected chi connectivity index (χ2v) is 8.73. The van der Waals surface area contributed by atoms with Crippen LogP contribution in [0.4, 0.5) is 18.9 Å². The Morgan fingerprint density at radius 1 is 1.21 bits per heavy atom. The Kier molecular flexibility index (Phi) is 6.61. The maximum absolute atomic E-state index is 13.3. The van der Waals surface area contributed by atoms with Crippen LogP contribution in [0.2, 0.25) is 0 Å². The van der Waals surface area contributed by atoms with Gasteiger partial charge in [0, 0.05) is 16.3 Å². The Balaban J connectivity index is 1.56. The van der Waals surface area contributed by atoms with Gasteiger partial charge in [0.05, 0.1) is 36.3 Å². The zero-order chi connectivity index (χ0) is 23.4. The number of thiophene rings is 1. The van der Waals surface area contributed by atoms with Crippen LogP contribution in [0.1, 0.15) is 21.1 Å². The van der Waals surface area contributed by atoms with Gasteiger partial charge in [-0.1, -0.05) is 0 Å². The van der Waals surface area contributed by atoms with E-state index in [2.05, 4.69) is 15.4 Å². The number of carbonyl (C=O) groups is 1. The van der Waals surface area contributed by atoms with E-state index in [-0.39, 0.29) is 17.9 Å². The third-order valence-electron chi connectivity index (χ3n) is 4.77. The molecule has 172 valence electrons. The minimum absolute atomic E-state index is 0.00904. The number of halogens is 3. The second-order valence-electron chi connectivity index (χ2n) is 7.35. The van der Waals surface area contributed by atoms with E-state index >= 15 is 0 Å². The van der Waals surface area contributed by atoms with Crippen LogP contribution in [0.25, 0.3) is 5.69 Å². The molecule has 1 N–H and O–H groups in total. The monoisotopic (exact) mass is 475 g/mol. The summed E-state index contributed by atoms with van der Waals surface area (Å²) in [7, 11) is 0. The Morgan fingerprint density at radius 2 is 2.06 bits per heavy atom. The highest BCUT2D eigenvalue weighted by Gasteiger charge is 2.31. The fourth-order valence-corrected chi connectivity index (χ4v) is 4.25. The summed E-state index contributed by atoms with van der Waals surface area (Å²) < 4.78 is 46.6. The SMILES string of the molecule is Cc1ccc(CN(CC(=O)Nc2cc(C(F)(F)F)ccc2-n2cncn2)Cc2ccco2)s1. The predicted octanol–water partition coefficient (Wildman–Crippen LogP) is 4.89. The minimum Gasteiger partial charge on any atom is -0.468 e. The number of amides is 1. The van der Waals surface area contributed by atoms with Crippen molar-refractivity contribution in [2.75, 3.05) is 11.9 Å². The van der Waals surface area contributed by atoms with Gasteiger partial charge in [0.25, 0.3) is 0 Å². The first-order chi connectivity index (χ1) is 15.8. The summed E-state index contributed by atoms with van der Waals surface area (Å²) >= 11 is 1.62. The van der Waals surface area contributed by atoms with E-state index in [0.29, 0.717) is 18.8 Å². The van der Waals surface area contributed by atoms with Gasteiger partial charge in [-0.2, -0.15) is 18.3 Å². The molecule has 3 aromatic heterocycles. The van der Waals surface area contributed by atoms with E-state index in [1.165, 1.54) is 23.4 Å². The third kappa shape index (κ3) is 5.88. The first-order valence-corrected chi connectivity index (χ1v) is 10.8. The lowest BCUT2D eigenvalue weighted by molar-refractivity contribution is -0.137. The number of alkyl halides is 3. The standard InChI is InChI=1S/C22H20F3N5O2S/c1-15-4-6-18(33-15)11-29(10-17-3-2-8-32-17)12-21(31)28-19-9-16(22(23,24)25)5-7-20(19)30-14-26-13-27-30/h2-9,13-14H,10-12H2,1H3,(H,28,31). The van der Waals surface area contributed by atoms with Crippen LogP contribution in [0.3, 0.4) is 0 Å². The highest BCUT2D eigenvalue weighted by Crippen LogP contribution is 2.33. The number of hydrogen-bond donors (Lipinski definition) is 1. The Hall–Kier alpha value is -3.44. The molecule has 0 aliphatic carbocycles. The zero-order valence-corrected chi connectivity index (χ0v) is 18.4. The molecule has 0 radical (unpaired) electrons. The highest BCUT2D eigenvalue weighted by atomic mass is 32.1. The van der Waals surface area contributed by atoms with E-state index in [9.17, 15) is 18.0 Å². The molecule has 0 aliphatic heterocycles. The van der Waals surface area contributed by atoms with Crippen LogP contribution in [-0.4, -0.2) is 32.1 Å². The van der Waals surface area contributed by atoms with E-state index in [0.717, 1.165) is 21.9 Å². The van der Waals surface area contributed by atoms with Crippen molar-refractivity contribution in [2.45, 2.75) is 26.2 Å². The quantitative estimate of drug-likeness (QED) is 0.393. The Labute approximate surface area is 191 Å². The van der Waals surface area contributed by atoms with Gasteiger partial charge >= 0.3 is 6.18 Å². The van der Waals surface area contributed by atoms with Gasteiger partial charge in [0.15, 0.2) is 0 Å². The number of rotatable bonds is 8. The van der Waals surface area contributed by atoms with Gasteiger partial charge in [0.1, 0.15) is 18.4 Å². The van der Waals surface area contributed by atoms with Crippen molar-refractivity contribution in [1.29, 1.82) is 0 Å². The smallest absolute Gasteiger partial charge is 0.416 e. The highest BCUT2D eigenvalue weighted by molar-refractivity contribution is 7.11. The van der Waals surface area contributed by atoms with Crippen molar-refractivity contribution in [3.63, 3.8) is 0 Å². The number of carbonyl (C=O) groups excluding carboxylic acids is 1. The zero-order valence-electron chi connectivity index (χ0n) is 17.5. The number of hydrogen-bond acceptors (Lipinski definition) is 6. The summed E-state index contributed by atoms with van der Waals surface area (Å²) in [5, 5.41) is 6.58. The first-order valence-electron chi connectivity index (χ1n) is 9.94. The number of aromatic nitrogens is 3. The number of anilines is 1. The maximum atomic E-state index is 13.3. The van der Waals surface area contributed by atoms with Crippen LogP contribution < -0.4 is 5.32 Å². The fraction of sp³-hybridized carbons (Fsp3) is 0.227. The van der Waals surface area contributed by atoms with Crippen LogP contribution in [0.5, 0.6) is 0 Å². The number of nitrogens with zero attached hydrogens (tertiary/aromatic N) is 4. The topological polar surface area (TPSA) is 76.2 Å². The molecule has 0 atom stereocenters.